The third-order valence-electron chi connectivity index (χ3n) is 2.90. The summed E-state index contributed by atoms with van der Waals surface area (Å²) in [5, 5.41) is 0.661. The van der Waals surface area contributed by atoms with E-state index < -0.39 is 0 Å². The highest BCUT2D eigenvalue weighted by Gasteiger charge is 2.12. The van der Waals surface area contributed by atoms with Crippen LogP contribution in [0.4, 0.5) is 0 Å². The molecular formula is C15H13ClN2O. The lowest BCUT2D eigenvalue weighted by Crippen LogP contribution is -2.04. The molecule has 0 bridgehead atoms. The average molecular weight is 273 g/mol. The monoisotopic (exact) mass is 272 g/mol. The van der Waals surface area contributed by atoms with E-state index in [4.69, 9.17) is 16.3 Å². The first-order valence-corrected chi connectivity index (χ1v) is 6.47. The maximum atomic E-state index is 5.94. The number of benzene rings is 2. The van der Waals surface area contributed by atoms with Crippen LogP contribution in [0.15, 0.2) is 48.5 Å². The summed E-state index contributed by atoms with van der Waals surface area (Å²) in [7, 11) is 0. The van der Waals surface area contributed by atoms with Crippen molar-refractivity contribution in [3.8, 4) is 5.75 Å². The number of halogens is 1. The first kappa shape index (κ1) is 12.1. The molecule has 0 aliphatic heterocycles. The van der Waals surface area contributed by atoms with Gasteiger partial charge in [0, 0.05) is 5.02 Å². The number of nitrogens with one attached hydrogen (secondary N) is 1. The third-order valence-corrected chi connectivity index (χ3v) is 3.14. The summed E-state index contributed by atoms with van der Waals surface area (Å²) >= 11 is 5.94. The molecule has 3 rings (SSSR count). The Hall–Kier alpha value is -2.00. The molecule has 0 amide bonds. The van der Waals surface area contributed by atoms with Crippen LogP contribution in [0.5, 0.6) is 5.75 Å². The Morgan fingerprint density at radius 1 is 1.16 bits per heavy atom. The van der Waals surface area contributed by atoms with Crippen LogP contribution in [-0.2, 0) is 0 Å². The normalized spacial score (nSPS) is 12.5. The topological polar surface area (TPSA) is 37.9 Å². The number of nitrogens with zero attached hydrogens (tertiary/aromatic N) is 1. The lowest BCUT2D eigenvalue weighted by molar-refractivity contribution is 0.218. The SMILES string of the molecule is CC(Oc1cccc(Cl)c1)c1nc2ccccc2[nH]1. The van der Waals surface area contributed by atoms with Gasteiger partial charge in [-0.1, -0.05) is 29.8 Å². The minimum absolute atomic E-state index is 0.161. The van der Waals surface area contributed by atoms with Crippen molar-refractivity contribution < 1.29 is 4.74 Å². The molecule has 1 atom stereocenters. The predicted molar refractivity (Wildman–Crippen MR) is 76.6 cm³/mol. The van der Waals surface area contributed by atoms with Crippen molar-refractivity contribution in [1.29, 1.82) is 0 Å². The molecule has 0 aliphatic carbocycles. The van der Waals surface area contributed by atoms with Crippen molar-refractivity contribution in [2.75, 3.05) is 0 Å². The molecule has 1 heterocycles. The number of ether oxygens (including phenoxy) is 1. The van der Waals surface area contributed by atoms with Gasteiger partial charge in [-0.3, -0.25) is 0 Å². The molecule has 0 fully saturated rings. The van der Waals surface area contributed by atoms with Crippen molar-refractivity contribution in [3.05, 3.63) is 59.4 Å². The van der Waals surface area contributed by atoms with E-state index >= 15 is 0 Å². The van der Waals surface area contributed by atoms with Crippen molar-refractivity contribution in [1.82, 2.24) is 9.97 Å². The zero-order chi connectivity index (χ0) is 13.2. The Balaban J connectivity index is 1.85. The number of aromatic amines is 1. The van der Waals surface area contributed by atoms with Crippen molar-refractivity contribution in [2.45, 2.75) is 13.0 Å². The number of hydrogen-bond acceptors (Lipinski definition) is 2. The number of aromatic nitrogens is 2. The van der Waals surface area contributed by atoms with Crippen molar-refractivity contribution >= 4 is 22.6 Å². The van der Waals surface area contributed by atoms with Crippen LogP contribution in [-0.4, -0.2) is 9.97 Å². The van der Waals surface area contributed by atoms with Crippen LogP contribution in [0.25, 0.3) is 11.0 Å². The van der Waals surface area contributed by atoms with Gasteiger partial charge in [-0.2, -0.15) is 0 Å². The van der Waals surface area contributed by atoms with Gasteiger partial charge in [0.1, 0.15) is 11.6 Å². The van der Waals surface area contributed by atoms with Gasteiger partial charge in [0.2, 0.25) is 0 Å². The van der Waals surface area contributed by atoms with Crippen LogP contribution in [0.3, 0.4) is 0 Å². The van der Waals surface area contributed by atoms with Crippen molar-refractivity contribution in [3.63, 3.8) is 0 Å². The van der Waals surface area contributed by atoms with Gasteiger partial charge in [-0.15, -0.1) is 0 Å². The molecule has 1 N–H and O–H groups in total. The fourth-order valence-electron chi connectivity index (χ4n) is 1.97. The van der Waals surface area contributed by atoms with E-state index in [1.807, 2.05) is 49.4 Å². The Labute approximate surface area is 116 Å². The highest BCUT2D eigenvalue weighted by atomic mass is 35.5. The van der Waals surface area contributed by atoms with Gasteiger partial charge in [0.05, 0.1) is 11.0 Å². The Kier molecular flexibility index (Phi) is 3.13. The summed E-state index contributed by atoms with van der Waals surface area (Å²) in [4.78, 5) is 7.78. The average Bonchev–Trinajstić information content (AvgIpc) is 2.82. The standard InChI is InChI=1S/C15H13ClN2O/c1-10(19-12-6-4-5-11(16)9-12)15-17-13-7-2-3-8-14(13)18-15/h2-10H,1H3,(H,17,18). The number of fused-ring (bicyclic) bond motifs is 1. The number of hydrogen-bond donors (Lipinski definition) is 1. The largest absolute Gasteiger partial charge is 0.483 e. The number of H-pyrrole nitrogens is 1. The van der Waals surface area contributed by atoms with Crippen LogP contribution < -0.4 is 4.74 Å². The fraction of sp³-hybridized carbons (Fsp3) is 0.133. The van der Waals surface area contributed by atoms with Crippen LogP contribution in [0, 0.1) is 0 Å². The predicted octanol–water partition coefficient (Wildman–Crippen LogP) is 4.36. The second-order valence-electron chi connectivity index (χ2n) is 4.36. The molecule has 3 nitrogen and oxygen atoms in total. The molecular weight excluding hydrogens is 260 g/mol. The van der Waals surface area contributed by atoms with E-state index in [1.165, 1.54) is 0 Å². The van der Waals surface area contributed by atoms with E-state index in [0.29, 0.717) is 5.02 Å². The van der Waals surface area contributed by atoms with Crippen LogP contribution in [0.1, 0.15) is 18.9 Å². The molecule has 3 aromatic rings. The summed E-state index contributed by atoms with van der Waals surface area (Å²) in [5.74, 6) is 1.54. The van der Waals surface area contributed by atoms with E-state index in [-0.39, 0.29) is 6.10 Å². The number of imidazole rings is 1. The molecule has 0 spiro atoms. The molecule has 0 saturated carbocycles. The summed E-state index contributed by atoms with van der Waals surface area (Å²) in [6, 6.07) is 15.3. The van der Waals surface area contributed by atoms with E-state index in [0.717, 1.165) is 22.6 Å². The first-order valence-electron chi connectivity index (χ1n) is 6.09. The van der Waals surface area contributed by atoms with Gasteiger partial charge in [-0.25, -0.2) is 4.98 Å². The molecule has 2 aromatic carbocycles. The summed E-state index contributed by atoms with van der Waals surface area (Å²) in [6.07, 6.45) is -0.161. The smallest absolute Gasteiger partial charge is 0.153 e. The Morgan fingerprint density at radius 2 is 2.00 bits per heavy atom. The van der Waals surface area contributed by atoms with E-state index in [1.54, 1.807) is 6.07 Å². The maximum Gasteiger partial charge on any atom is 0.153 e. The highest BCUT2D eigenvalue weighted by molar-refractivity contribution is 6.30. The lowest BCUT2D eigenvalue weighted by Gasteiger charge is -2.12. The van der Waals surface area contributed by atoms with Gasteiger partial charge in [0.25, 0.3) is 0 Å². The highest BCUT2D eigenvalue weighted by Crippen LogP contribution is 2.24. The summed E-state index contributed by atoms with van der Waals surface area (Å²) < 4.78 is 5.83. The van der Waals surface area contributed by atoms with Crippen LogP contribution in [0.2, 0.25) is 5.02 Å². The summed E-state index contributed by atoms with van der Waals surface area (Å²) in [5.41, 5.74) is 1.96. The fourth-order valence-corrected chi connectivity index (χ4v) is 2.15. The second kappa shape index (κ2) is 4.94. The van der Waals surface area contributed by atoms with Gasteiger partial charge in [0.15, 0.2) is 6.10 Å². The van der Waals surface area contributed by atoms with E-state index in [2.05, 4.69) is 9.97 Å². The van der Waals surface area contributed by atoms with Crippen LogP contribution >= 0.6 is 11.6 Å². The molecule has 0 saturated heterocycles. The Bertz CT molecular complexity index is 675. The lowest BCUT2D eigenvalue weighted by atomic mass is 10.3. The maximum absolute atomic E-state index is 5.94. The molecule has 1 unspecified atom stereocenters. The molecule has 19 heavy (non-hydrogen) atoms. The van der Waals surface area contributed by atoms with Crippen molar-refractivity contribution in [2.24, 2.45) is 0 Å². The molecule has 96 valence electrons. The minimum atomic E-state index is -0.161. The molecule has 0 aliphatic rings. The van der Waals surface area contributed by atoms with Gasteiger partial charge >= 0.3 is 0 Å². The second-order valence-corrected chi connectivity index (χ2v) is 4.79. The molecule has 1 aromatic heterocycles. The summed E-state index contributed by atoms with van der Waals surface area (Å²) in [6.45, 7) is 1.96. The minimum Gasteiger partial charge on any atom is -0.483 e. The number of para-hydroxylation sites is 2. The first-order chi connectivity index (χ1) is 9.22. The quantitative estimate of drug-likeness (QED) is 0.769. The third kappa shape index (κ3) is 2.56. The molecule has 4 heteroatoms. The van der Waals surface area contributed by atoms with Gasteiger partial charge < -0.3 is 9.72 Å². The zero-order valence-electron chi connectivity index (χ0n) is 10.4. The molecule has 0 radical (unpaired) electrons. The Morgan fingerprint density at radius 3 is 2.79 bits per heavy atom. The van der Waals surface area contributed by atoms with Gasteiger partial charge in [-0.05, 0) is 37.3 Å². The number of rotatable bonds is 3. The zero-order valence-corrected chi connectivity index (χ0v) is 11.2. The van der Waals surface area contributed by atoms with E-state index in [9.17, 15) is 0 Å².